The number of benzene rings is 1. The average molecular weight is 311 g/mol. The molecule has 0 unspecified atom stereocenters. The van der Waals surface area contributed by atoms with Crippen molar-refractivity contribution in [1.29, 1.82) is 5.26 Å². The Balaban J connectivity index is 2.06. The third kappa shape index (κ3) is 4.21. The quantitative estimate of drug-likeness (QED) is 0.682. The van der Waals surface area contributed by atoms with E-state index in [0.717, 1.165) is 16.1 Å². The van der Waals surface area contributed by atoms with Crippen LogP contribution in [0.2, 0.25) is 0 Å². The second kappa shape index (κ2) is 7.43. The monoisotopic (exact) mass is 311 g/mol. The maximum Gasteiger partial charge on any atom is 0.262 e. The maximum atomic E-state index is 12.0. The van der Waals surface area contributed by atoms with Crippen LogP contribution in [0.15, 0.2) is 47.4 Å². The molecule has 0 fully saturated rings. The van der Waals surface area contributed by atoms with Gasteiger partial charge in [-0.3, -0.25) is 4.79 Å². The van der Waals surface area contributed by atoms with E-state index in [1.54, 1.807) is 17.4 Å². The highest BCUT2D eigenvalue weighted by Crippen LogP contribution is 2.15. The van der Waals surface area contributed by atoms with Crippen LogP contribution < -0.4 is 10.2 Å². The van der Waals surface area contributed by atoms with Gasteiger partial charge in [0, 0.05) is 24.7 Å². The van der Waals surface area contributed by atoms with Crippen LogP contribution in [0.25, 0.3) is 6.08 Å². The Hall–Kier alpha value is -2.58. The molecule has 4 nitrogen and oxygen atoms in total. The van der Waals surface area contributed by atoms with Crippen molar-refractivity contribution in [3.8, 4) is 6.07 Å². The van der Waals surface area contributed by atoms with Crippen molar-refractivity contribution in [2.24, 2.45) is 0 Å². The van der Waals surface area contributed by atoms with Crippen LogP contribution in [-0.2, 0) is 11.3 Å². The lowest BCUT2D eigenvalue weighted by atomic mass is 10.1. The Morgan fingerprint density at radius 1 is 1.32 bits per heavy atom. The largest absolute Gasteiger partial charge is 0.378 e. The van der Waals surface area contributed by atoms with Gasteiger partial charge in [0.05, 0.1) is 6.54 Å². The zero-order valence-electron chi connectivity index (χ0n) is 12.5. The van der Waals surface area contributed by atoms with Crippen LogP contribution in [0.1, 0.15) is 10.4 Å². The van der Waals surface area contributed by atoms with Crippen molar-refractivity contribution >= 4 is 29.0 Å². The second-order valence-electron chi connectivity index (χ2n) is 4.92. The standard InChI is InChI=1S/C17H17N3OS/c1-20(2)15-7-5-13(6-8-15)10-14(11-18)17(21)19-12-16-4-3-9-22-16/h3-10H,12H2,1-2H3,(H,19,21)/b14-10+. The van der Waals surface area contributed by atoms with E-state index in [2.05, 4.69) is 5.32 Å². The fourth-order valence-corrected chi connectivity index (χ4v) is 2.50. The fraction of sp³-hybridized carbons (Fsp3) is 0.176. The number of carbonyl (C=O) groups is 1. The van der Waals surface area contributed by atoms with Crippen LogP contribution in [0.5, 0.6) is 0 Å². The van der Waals surface area contributed by atoms with Gasteiger partial charge in [-0.25, -0.2) is 0 Å². The smallest absolute Gasteiger partial charge is 0.262 e. The minimum atomic E-state index is -0.354. The number of nitriles is 1. The van der Waals surface area contributed by atoms with E-state index in [-0.39, 0.29) is 11.5 Å². The van der Waals surface area contributed by atoms with Gasteiger partial charge in [0.1, 0.15) is 11.6 Å². The molecule has 0 aliphatic heterocycles. The summed E-state index contributed by atoms with van der Waals surface area (Å²) in [7, 11) is 3.92. The molecule has 1 heterocycles. The molecule has 1 amide bonds. The molecule has 1 aromatic heterocycles. The Bertz CT molecular complexity index is 695. The molecule has 0 radical (unpaired) electrons. The molecule has 0 bridgehead atoms. The molecule has 0 saturated heterocycles. The van der Waals surface area contributed by atoms with Gasteiger partial charge in [-0.15, -0.1) is 11.3 Å². The van der Waals surface area contributed by atoms with Crippen LogP contribution in [0.3, 0.4) is 0 Å². The van der Waals surface area contributed by atoms with E-state index >= 15 is 0 Å². The summed E-state index contributed by atoms with van der Waals surface area (Å²) in [4.78, 5) is 15.1. The highest BCUT2D eigenvalue weighted by atomic mass is 32.1. The van der Waals surface area contributed by atoms with E-state index in [4.69, 9.17) is 0 Å². The van der Waals surface area contributed by atoms with Crippen molar-refractivity contribution in [2.75, 3.05) is 19.0 Å². The van der Waals surface area contributed by atoms with Gasteiger partial charge in [-0.05, 0) is 35.2 Å². The molecule has 0 aliphatic rings. The fourth-order valence-electron chi connectivity index (χ4n) is 1.86. The lowest BCUT2D eigenvalue weighted by Crippen LogP contribution is -2.23. The summed E-state index contributed by atoms with van der Waals surface area (Å²) in [5, 5.41) is 13.9. The van der Waals surface area contributed by atoms with Crippen LogP contribution >= 0.6 is 11.3 Å². The first-order valence-electron chi connectivity index (χ1n) is 6.80. The molecular formula is C17H17N3OS. The Morgan fingerprint density at radius 2 is 2.05 bits per heavy atom. The van der Waals surface area contributed by atoms with Gasteiger partial charge in [0.15, 0.2) is 0 Å². The average Bonchev–Trinajstić information content (AvgIpc) is 3.04. The van der Waals surface area contributed by atoms with Gasteiger partial charge >= 0.3 is 0 Å². The maximum absolute atomic E-state index is 12.0. The van der Waals surface area contributed by atoms with Gasteiger partial charge in [-0.1, -0.05) is 18.2 Å². The van der Waals surface area contributed by atoms with Crippen LogP contribution in [0, 0.1) is 11.3 Å². The van der Waals surface area contributed by atoms with E-state index < -0.39 is 0 Å². The van der Waals surface area contributed by atoms with Gasteiger partial charge in [-0.2, -0.15) is 5.26 Å². The molecule has 112 valence electrons. The van der Waals surface area contributed by atoms with Gasteiger partial charge in [0.25, 0.3) is 5.91 Å². The molecular weight excluding hydrogens is 294 g/mol. The zero-order valence-corrected chi connectivity index (χ0v) is 13.4. The first-order chi connectivity index (χ1) is 10.6. The number of thiophene rings is 1. The summed E-state index contributed by atoms with van der Waals surface area (Å²) in [5.74, 6) is -0.354. The minimum absolute atomic E-state index is 0.106. The van der Waals surface area contributed by atoms with E-state index in [9.17, 15) is 10.1 Å². The van der Waals surface area contributed by atoms with Crippen molar-refractivity contribution < 1.29 is 4.79 Å². The summed E-state index contributed by atoms with van der Waals surface area (Å²) >= 11 is 1.57. The lowest BCUT2D eigenvalue weighted by molar-refractivity contribution is -0.117. The molecule has 22 heavy (non-hydrogen) atoms. The predicted octanol–water partition coefficient (Wildman–Crippen LogP) is 3.04. The normalized spacial score (nSPS) is 10.9. The SMILES string of the molecule is CN(C)c1ccc(/C=C(\C#N)C(=O)NCc2cccs2)cc1. The summed E-state index contributed by atoms with van der Waals surface area (Å²) in [6.45, 7) is 0.440. The summed E-state index contributed by atoms with van der Waals surface area (Å²) in [6, 6.07) is 13.5. The van der Waals surface area contributed by atoms with Gasteiger partial charge < -0.3 is 10.2 Å². The lowest BCUT2D eigenvalue weighted by Gasteiger charge is -2.11. The number of amides is 1. The topological polar surface area (TPSA) is 56.1 Å². The first-order valence-corrected chi connectivity index (χ1v) is 7.68. The van der Waals surface area contributed by atoms with Crippen molar-refractivity contribution in [1.82, 2.24) is 5.32 Å². The summed E-state index contributed by atoms with van der Waals surface area (Å²) < 4.78 is 0. The number of hydrogen-bond acceptors (Lipinski definition) is 4. The number of carbonyl (C=O) groups excluding carboxylic acids is 1. The number of nitrogens with one attached hydrogen (secondary N) is 1. The number of anilines is 1. The molecule has 2 aromatic rings. The van der Waals surface area contributed by atoms with E-state index in [1.165, 1.54) is 0 Å². The Labute approximate surface area is 134 Å². The van der Waals surface area contributed by atoms with Crippen LogP contribution in [0.4, 0.5) is 5.69 Å². The van der Waals surface area contributed by atoms with Crippen molar-refractivity contribution in [3.05, 3.63) is 57.8 Å². The van der Waals surface area contributed by atoms with E-state index in [1.807, 2.05) is 66.8 Å². The second-order valence-corrected chi connectivity index (χ2v) is 5.95. The number of hydrogen-bond donors (Lipinski definition) is 1. The number of nitrogens with zero attached hydrogens (tertiary/aromatic N) is 2. The van der Waals surface area contributed by atoms with E-state index in [0.29, 0.717) is 6.54 Å². The molecule has 0 saturated carbocycles. The molecule has 0 spiro atoms. The number of rotatable bonds is 5. The van der Waals surface area contributed by atoms with Crippen molar-refractivity contribution in [2.45, 2.75) is 6.54 Å². The Kier molecular flexibility index (Phi) is 5.34. The molecule has 0 atom stereocenters. The first kappa shape index (κ1) is 15.8. The third-order valence-corrected chi connectivity index (χ3v) is 3.97. The summed E-state index contributed by atoms with van der Waals surface area (Å²) in [5.41, 5.74) is 2.00. The van der Waals surface area contributed by atoms with Crippen molar-refractivity contribution in [3.63, 3.8) is 0 Å². The van der Waals surface area contributed by atoms with Gasteiger partial charge in [0.2, 0.25) is 0 Å². The highest BCUT2D eigenvalue weighted by Gasteiger charge is 2.09. The van der Waals surface area contributed by atoms with Crippen LogP contribution in [-0.4, -0.2) is 20.0 Å². The molecule has 2 rings (SSSR count). The predicted molar refractivity (Wildman–Crippen MR) is 90.5 cm³/mol. The molecule has 5 heteroatoms. The zero-order chi connectivity index (χ0) is 15.9. The highest BCUT2D eigenvalue weighted by molar-refractivity contribution is 7.09. The third-order valence-electron chi connectivity index (χ3n) is 3.09. The molecule has 1 aromatic carbocycles. The minimum Gasteiger partial charge on any atom is -0.378 e. The summed E-state index contributed by atoms with van der Waals surface area (Å²) in [6.07, 6.45) is 1.60. The Morgan fingerprint density at radius 3 is 2.59 bits per heavy atom. The molecule has 0 aliphatic carbocycles. The molecule has 1 N–H and O–H groups in total.